The number of hydrogen-bond donors (Lipinski definition) is 0. The summed E-state index contributed by atoms with van der Waals surface area (Å²) in [6, 6.07) is 1.57. The summed E-state index contributed by atoms with van der Waals surface area (Å²) in [6.45, 7) is 1.53. The topological polar surface area (TPSA) is 50.1 Å². The van der Waals surface area contributed by atoms with Crippen molar-refractivity contribution in [3.05, 3.63) is 32.3 Å². The van der Waals surface area contributed by atoms with Crippen molar-refractivity contribution in [3.63, 3.8) is 0 Å². The molecule has 0 saturated heterocycles. The van der Waals surface area contributed by atoms with E-state index in [2.05, 4.69) is 4.74 Å². The molecule has 0 aliphatic heterocycles. The maximum absolute atomic E-state index is 13.5. The molecule has 19 heavy (non-hydrogen) atoms. The van der Waals surface area contributed by atoms with Gasteiger partial charge in [0.15, 0.2) is 17.6 Å². The van der Waals surface area contributed by atoms with E-state index in [0.717, 1.165) is 0 Å². The summed E-state index contributed by atoms with van der Waals surface area (Å²) in [4.78, 5) is 11.6. The first-order chi connectivity index (χ1) is 8.86. The van der Waals surface area contributed by atoms with Crippen LogP contribution in [0.4, 0.5) is 8.78 Å². The number of halogens is 5. The molecular formula is C11H6Cl3F2NO2. The van der Waals surface area contributed by atoms with Crippen molar-refractivity contribution < 1.29 is 18.3 Å². The second-order valence-corrected chi connectivity index (χ2v) is 4.43. The summed E-state index contributed by atoms with van der Waals surface area (Å²) < 4.78 is 31.4. The number of hydrogen-bond acceptors (Lipinski definition) is 3. The van der Waals surface area contributed by atoms with Crippen LogP contribution in [-0.2, 0) is 9.53 Å². The predicted octanol–water partition coefficient (Wildman–Crippen LogP) is 4.10. The van der Waals surface area contributed by atoms with Gasteiger partial charge in [0.2, 0.25) is 0 Å². The molecule has 1 aromatic rings. The fourth-order valence-corrected chi connectivity index (χ4v) is 2.14. The molecule has 0 bridgehead atoms. The van der Waals surface area contributed by atoms with E-state index >= 15 is 0 Å². The molecule has 102 valence electrons. The summed E-state index contributed by atoms with van der Waals surface area (Å²) in [5.41, 5.74) is -0.409. The first-order valence-corrected chi connectivity index (χ1v) is 6.07. The van der Waals surface area contributed by atoms with Crippen LogP contribution >= 0.6 is 34.8 Å². The van der Waals surface area contributed by atoms with E-state index in [0.29, 0.717) is 0 Å². The average Bonchev–Trinajstić information content (AvgIpc) is 2.39. The number of benzene rings is 1. The molecule has 1 rings (SSSR count). The molecule has 0 aromatic heterocycles. The summed E-state index contributed by atoms with van der Waals surface area (Å²) >= 11 is 16.8. The molecule has 0 fully saturated rings. The Kier molecular flexibility index (Phi) is 5.36. The SMILES string of the molecule is CCOC(=O)C(C#N)c1c(Cl)c(F)c(F)c(Cl)c1Cl. The number of carbonyl (C=O) groups excluding carboxylic acids is 1. The van der Waals surface area contributed by atoms with E-state index in [1.165, 1.54) is 6.92 Å². The smallest absolute Gasteiger partial charge is 0.328 e. The lowest BCUT2D eigenvalue weighted by Crippen LogP contribution is -2.16. The van der Waals surface area contributed by atoms with E-state index < -0.39 is 44.2 Å². The Balaban J connectivity index is 3.50. The van der Waals surface area contributed by atoms with Gasteiger partial charge in [0.1, 0.15) is 0 Å². The number of esters is 1. The van der Waals surface area contributed by atoms with Crippen molar-refractivity contribution in [1.29, 1.82) is 5.26 Å². The highest BCUT2D eigenvalue weighted by Crippen LogP contribution is 2.40. The lowest BCUT2D eigenvalue weighted by Gasteiger charge is -2.14. The number of ether oxygens (including phenoxy) is 1. The Morgan fingerprint density at radius 2 is 1.79 bits per heavy atom. The van der Waals surface area contributed by atoms with E-state index in [1.54, 1.807) is 6.07 Å². The zero-order chi connectivity index (χ0) is 14.7. The second kappa shape index (κ2) is 6.38. The minimum atomic E-state index is -1.59. The van der Waals surface area contributed by atoms with Crippen LogP contribution in [0.2, 0.25) is 15.1 Å². The third kappa shape index (κ3) is 2.92. The van der Waals surface area contributed by atoms with Crippen molar-refractivity contribution in [1.82, 2.24) is 0 Å². The molecular weight excluding hydrogens is 322 g/mol. The van der Waals surface area contributed by atoms with Crippen LogP contribution in [0.1, 0.15) is 18.4 Å². The Labute approximate surface area is 122 Å². The maximum Gasteiger partial charge on any atom is 0.328 e. The Morgan fingerprint density at radius 1 is 1.26 bits per heavy atom. The minimum absolute atomic E-state index is 0.00363. The van der Waals surface area contributed by atoms with Gasteiger partial charge >= 0.3 is 5.97 Å². The molecule has 0 radical (unpaired) electrons. The average molecular weight is 329 g/mol. The summed E-state index contributed by atoms with van der Waals surface area (Å²) in [5.74, 6) is -5.49. The lowest BCUT2D eigenvalue weighted by molar-refractivity contribution is -0.143. The Hall–Kier alpha value is -1.09. The van der Waals surface area contributed by atoms with Crippen LogP contribution in [0, 0.1) is 23.0 Å². The molecule has 8 heteroatoms. The fourth-order valence-electron chi connectivity index (χ4n) is 1.34. The number of nitrogens with zero attached hydrogens (tertiary/aromatic N) is 1. The highest BCUT2D eigenvalue weighted by Gasteiger charge is 2.32. The molecule has 0 heterocycles. The second-order valence-electron chi connectivity index (χ2n) is 3.30. The van der Waals surface area contributed by atoms with E-state index in [1.807, 2.05) is 0 Å². The highest BCUT2D eigenvalue weighted by molar-refractivity contribution is 6.44. The van der Waals surface area contributed by atoms with E-state index in [4.69, 9.17) is 40.1 Å². The van der Waals surface area contributed by atoms with Gasteiger partial charge in [-0.3, -0.25) is 4.79 Å². The van der Waals surface area contributed by atoms with Crippen molar-refractivity contribution >= 4 is 40.8 Å². The molecule has 1 unspecified atom stereocenters. The lowest BCUT2D eigenvalue weighted by atomic mass is 10.00. The molecule has 0 aliphatic rings. The van der Waals surface area contributed by atoms with Crippen molar-refractivity contribution in [2.75, 3.05) is 6.61 Å². The molecule has 0 amide bonds. The van der Waals surface area contributed by atoms with Crippen molar-refractivity contribution in [2.24, 2.45) is 0 Å². The third-order valence-corrected chi connectivity index (χ3v) is 3.40. The van der Waals surface area contributed by atoms with Gasteiger partial charge in [0.05, 0.1) is 27.7 Å². The molecule has 0 N–H and O–H groups in total. The molecule has 0 saturated carbocycles. The number of rotatable bonds is 3. The van der Waals surface area contributed by atoms with Crippen LogP contribution in [-0.4, -0.2) is 12.6 Å². The van der Waals surface area contributed by atoms with E-state index in [9.17, 15) is 13.6 Å². The van der Waals surface area contributed by atoms with Crippen LogP contribution < -0.4 is 0 Å². The normalized spacial score (nSPS) is 11.8. The third-order valence-electron chi connectivity index (χ3n) is 2.18. The first kappa shape index (κ1) is 16.0. The first-order valence-electron chi connectivity index (χ1n) is 4.94. The monoisotopic (exact) mass is 327 g/mol. The van der Waals surface area contributed by atoms with Gasteiger partial charge in [-0.1, -0.05) is 34.8 Å². The molecule has 1 aromatic carbocycles. The zero-order valence-electron chi connectivity index (χ0n) is 9.44. The largest absolute Gasteiger partial charge is 0.465 e. The van der Waals surface area contributed by atoms with Gasteiger partial charge in [-0.25, -0.2) is 8.78 Å². The van der Waals surface area contributed by atoms with Crippen molar-refractivity contribution in [2.45, 2.75) is 12.8 Å². The molecule has 3 nitrogen and oxygen atoms in total. The predicted molar refractivity (Wildman–Crippen MR) is 66.4 cm³/mol. The van der Waals surface area contributed by atoms with Crippen LogP contribution in [0.15, 0.2) is 0 Å². The summed E-state index contributed by atoms with van der Waals surface area (Å²) in [6.07, 6.45) is 0. The zero-order valence-corrected chi connectivity index (χ0v) is 11.7. The van der Waals surface area contributed by atoms with Crippen LogP contribution in [0.3, 0.4) is 0 Å². The standard InChI is InChI=1S/C11H6Cl3F2NO2/c1-2-19-11(18)4(3-17)5-6(12)8(14)10(16)9(15)7(5)13/h4H,2H2,1H3. The van der Waals surface area contributed by atoms with Gasteiger partial charge in [0, 0.05) is 5.56 Å². The maximum atomic E-state index is 13.5. The fraction of sp³-hybridized carbons (Fsp3) is 0.273. The minimum Gasteiger partial charge on any atom is -0.465 e. The number of nitriles is 1. The van der Waals surface area contributed by atoms with Crippen molar-refractivity contribution in [3.8, 4) is 6.07 Å². The van der Waals surface area contributed by atoms with E-state index in [-0.39, 0.29) is 6.61 Å². The van der Waals surface area contributed by atoms with Gasteiger partial charge in [-0.05, 0) is 6.92 Å². The summed E-state index contributed by atoms with van der Waals surface area (Å²) in [7, 11) is 0. The molecule has 0 aliphatic carbocycles. The number of carbonyl (C=O) groups is 1. The summed E-state index contributed by atoms with van der Waals surface area (Å²) in [5, 5.41) is 6.93. The highest BCUT2D eigenvalue weighted by atomic mass is 35.5. The van der Waals surface area contributed by atoms with Gasteiger partial charge in [-0.2, -0.15) is 5.26 Å². The van der Waals surface area contributed by atoms with Crippen LogP contribution in [0.5, 0.6) is 0 Å². The van der Waals surface area contributed by atoms with Crippen LogP contribution in [0.25, 0.3) is 0 Å². The molecule has 0 spiro atoms. The Morgan fingerprint density at radius 3 is 2.26 bits per heavy atom. The van der Waals surface area contributed by atoms with Gasteiger partial charge < -0.3 is 4.74 Å². The Bertz CT molecular complexity index is 543. The molecule has 1 atom stereocenters. The quantitative estimate of drug-likeness (QED) is 0.477. The van der Waals surface area contributed by atoms with Gasteiger partial charge in [0.25, 0.3) is 0 Å². The van der Waals surface area contributed by atoms with Gasteiger partial charge in [-0.15, -0.1) is 0 Å².